The second kappa shape index (κ2) is 7.46. The van der Waals surface area contributed by atoms with Crippen molar-refractivity contribution in [3.8, 4) is 11.5 Å². The quantitative estimate of drug-likeness (QED) is 0.467. The highest BCUT2D eigenvalue weighted by Crippen LogP contribution is 2.22. The Morgan fingerprint density at radius 3 is 2.56 bits per heavy atom. The van der Waals surface area contributed by atoms with Gasteiger partial charge in [0.25, 0.3) is 0 Å². The summed E-state index contributed by atoms with van der Waals surface area (Å²) in [5, 5.41) is 2.18. The topological polar surface area (TPSA) is 52.3 Å². The van der Waals surface area contributed by atoms with Gasteiger partial charge in [0, 0.05) is 5.56 Å². The molecule has 1 heterocycles. The van der Waals surface area contributed by atoms with Crippen LogP contribution in [0.15, 0.2) is 77.2 Å². The molecule has 0 unspecified atom stereocenters. The molecule has 0 aliphatic heterocycles. The summed E-state index contributed by atoms with van der Waals surface area (Å²) in [6.45, 7) is 1.93. The van der Waals surface area contributed by atoms with E-state index in [-0.39, 0.29) is 19.0 Å². The number of benzene rings is 3. The van der Waals surface area contributed by atoms with Crippen LogP contribution in [0, 0.1) is 6.92 Å². The molecule has 0 bridgehead atoms. The Labute approximate surface area is 157 Å². The van der Waals surface area contributed by atoms with E-state index in [0.29, 0.717) is 17.3 Å². The number of nitrogens with zero attached hydrogens (tertiary/aromatic N) is 1. The number of carbonyl (C=O) groups is 1. The molecule has 0 radical (unpaired) electrons. The Morgan fingerprint density at radius 1 is 0.963 bits per heavy atom. The van der Waals surface area contributed by atoms with E-state index in [9.17, 15) is 4.79 Å². The number of oxazole rings is 1. The molecule has 4 rings (SSSR count). The smallest absolute Gasteiger partial charge is 0.310 e. The molecule has 0 amide bonds. The number of aryl methyl sites for hydroxylation is 1. The third kappa shape index (κ3) is 3.75. The molecule has 1 aromatic heterocycles. The predicted molar refractivity (Wildman–Crippen MR) is 104 cm³/mol. The second-order valence-corrected chi connectivity index (χ2v) is 6.36. The van der Waals surface area contributed by atoms with Gasteiger partial charge in [-0.15, -0.1) is 0 Å². The third-order valence-electron chi connectivity index (χ3n) is 4.50. The molecule has 0 saturated heterocycles. The van der Waals surface area contributed by atoms with Crippen LogP contribution in [0.3, 0.4) is 0 Å². The molecule has 0 saturated carbocycles. The van der Waals surface area contributed by atoms with Crippen molar-refractivity contribution in [1.82, 2.24) is 4.98 Å². The van der Waals surface area contributed by atoms with Crippen LogP contribution >= 0.6 is 0 Å². The van der Waals surface area contributed by atoms with E-state index < -0.39 is 0 Å². The van der Waals surface area contributed by atoms with Crippen LogP contribution in [-0.4, -0.2) is 11.0 Å². The van der Waals surface area contributed by atoms with Gasteiger partial charge in [-0.3, -0.25) is 4.79 Å². The Hall–Kier alpha value is -3.40. The molecule has 4 aromatic rings. The maximum Gasteiger partial charge on any atom is 0.310 e. The number of fused-ring (bicyclic) bond motifs is 1. The average molecular weight is 357 g/mol. The van der Waals surface area contributed by atoms with E-state index in [4.69, 9.17) is 9.15 Å². The number of esters is 1. The standard InChI is InChI=1S/C23H19NO3/c1-16-21(24-23(27-16)18-9-3-2-4-10-18)15-26-22(25)14-19-12-7-11-17-8-5-6-13-20(17)19/h2-13H,14-15H2,1H3. The van der Waals surface area contributed by atoms with Gasteiger partial charge in [-0.1, -0.05) is 60.7 Å². The monoisotopic (exact) mass is 357 g/mol. The van der Waals surface area contributed by atoms with E-state index in [1.165, 1.54) is 0 Å². The number of rotatable bonds is 5. The maximum absolute atomic E-state index is 12.3. The molecule has 0 aliphatic carbocycles. The number of hydrogen-bond acceptors (Lipinski definition) is 4. The summed E-state index contributed by atoms with van der Waals surface area (Å²) >= 11 is 0. The first-order valence-corrected chi connectivity index (χ1v) is 8.85. The number of aromatic nitrogens is 1. The lowest BCUT2D eigenvalue weighted by Crippen LogP contribution is -2.09. The van der Waals surface area contributed by atoms with Gasteiger partial charge in [-0.2, -0.15) is 0 Å². The predicted octanol–water partition coefficient (Wildman–Crippen LogP) is 5.09. The first-order valence-electron chi connectivity index (χ1n) is 8.85. The largest absolute Gasteiger partial charge is 0.459 e. The Morgan fingerprint density at radius 2 is 1.70 bits per heavy atom. The molecule has 3 aromatic carbocycles. The molecule has 0 aliphatic rings. The lowest BCUT2D eigenvalue weighted by atomic mass is 10.0. The molecule has 134 valence electrons. The Kier molecular flexibility index (Phi) is 4.71. The molecule has 0 spiro atoms. The van der Waals surface area contributed by atoms with Crippen molar-refractivity contribution in [2.75, 3.05) is 0 Å². The van der Waals surface area contributed by atoms with Gasteiger partial charge in [0.05, 0.1) is 6.42 Å². The van der Waals surface area contributed by atoms with E-state index in [0.717, 1.165) is 21.9 Å². The zero-order valence-electron chi connectivity index (χ0n) is 15.0. The average Bonchev–Trinajstić information content (AvgIpc) is 3.08. The van der Waals surface area contributed by atoms with Crippen molar-refractivity contribution in [2.24, 2.45) is 0 Å². The molecular weight excluding hydrogens is 338 g/mol. The first-order chi connectivity index (χ1) is 13.2. The highest BCUT2D eigenvalue weighted by Gasteiger charge is 2.14. The number of ether oxygens (including phenoxy) is 1. The van der Waals surface area contributed by atoms with Crippen LogP contribution in [0.2, 0.25) is 0 Å². The van der Waals surface area contributed by atoms with Crippen molar-refractivity contribution in [1.29, 1.82) is 0 Å². The third-order valence-corrected chi connectivity index (χ3v) is 4.50. The van der Waals surface area contributed by atoms with Crippen LogP contribution in [0.4, 0.5) is 0 Å². The van der Waals surface area contributed by atoms with Gasteiger partial charge >= 0.3 is 5.97 Å². The lowest BCUT2D eigenvalue weighted by molar-refractivity contribution is -0.144. The molecule has 4 heteroatoms. The zero-order valence-corrected chi connectivity index (χ0v) is 15.0. The van der Waals surface area contributed by atoms with E-state index >= 15 is 0 Å². The van der Waals surface area contributed by atoms with Gasteiger partial charge in [-0.05, 0) is 35.4 Å². The number of carbonyl (C=O) groups excluding carboxylic acids is 1. The minimum atomic E-state index is -0.282. The van der Waals surface area contributed by atoms with Crippen LogP contribution in [0.5, 0.6) is 0 Å². The SMILES string of the molecule is Cc1oc(-c2ccccc2)nc1COC(=O)Cc1cccc2ccccc12. The summed E-state index contributed by atoms with van der Waals surface area (Å²) in [6.07, 6.45) is 0.226. The molecule has 0 N–H and O–H groups in total. The van der Waals surface area contributed by atoms with Crippen molar-refractivity contribution < 1.29 is 13.9 Å². The fourth-order valence-corrected chi connectivity index (χ4v) is 3.07. The molecule has 4 nitrogen and oxygen atoms in total. The lowest BCUT2D eigenvalue weighted by Gasteiger charge is -2.07. The fraction of sp³-hybridized carbons (Fsp3) is 0.130. The highest BCUT2D eigenvalue weighted by atomic mass is 16.5. The van der Waals surface area contributed by atoms with E-state index in [1.54, 1.807) is 0 Å². The van der Waals surface area contributed by atoms with Crippen LogP contribution in [0.25, 0.3) is 22.2 Å². The van der Waals surface area contributed by atoms with E-state index in [2.05, 4.69) is 4.98 Å². The number of hydrogen-bond donors (Lipinski definition) is 0. The molecule has 27 heavy (non-hydrogen) atoms. The van der Waals surface area contributed by atoms with Crippen LogP contribution in [-0.2, 0) is 22.6 Å². The molecule has 0 atom stereocenters. The van der Waals surface area contributed by atoms with Crippen molar-refractivity contribution >= 4 is 16.7 Å². The Bertz CT molecular complexity index is 1080. The minimum Gasteiger partial charge on any atom is -0.459 e. The summed E-state index contributed by atoms with van der Waals surface area (Å²) in [5.41, 5.74) is 2.49. The summed E-state index contributed by atoms with van der Waals surface area (Å²) in [5.74, 6) is 0.912. The summed E-state index contributed by atoms with van der Waals surface area (Å²) in [4.78, 5) is 16.8. The van der Waals surface area contributed by atoms with Crippen molar-refractivity contribution in [3.05, 3.63) is 89.8 Å². The minimum absolute atomic E-state index is 0.103. The van der Waals surface area contributed by atoms with Gasteiger partial charge in [0.15, 0.2) is 0 Å². The van der Waals surface area contributed by atoms with Gasteiger partial charge in [0.2, 0.25) is 5.89 Å². The fourth-order valence-electron chi connectivity index (χ4n) is 3.07. The summed E-state index contributed by atoms with van der Waals surface area (Å²) < 4.78 is 11.2. The van der Waals surface area contributed by atoms with Crippen molar-refractivity contribution in [2.45, 2.75) is 20.0 Å². The summed E-state index contributed by atoms with van der Waals surface area (Å²) in [7, 11) is 0. The highest BCUT2D eigenvalue weighted by molar-refractivity contribution is 5.88. The second-order valence-electron chi connectivity index (χ2n) is 6.36. The van der Waals surface area contributed by atoms with Crippen LogP contribution in [0.1, 0.15) is 17.0 Å². The normalized spacial score (nSPS) is 10.9. The Balaban J connectivity index is 1.44. The summed E-state index contributed by atoms with van der Waals surface area (Å²) in [6, 6.07) is 23.6. The maximum atomic E-state index is 12.3. The van der Waals surface area contributed by atoms with Crippen molar-refractivity contribution in [3.63, 3.8) is 0 Å². The van der Waals surface area contributed by atoms with Gasteiger partial charge < -0.3 is 9.15 Å². The molecular formula is C23H19NO3. The van der Waals surface area contributed by atoms with Gasteiger partial charge in [-0.25, -0.2) is 4.98 Å². The van der Waals surface area contributed by atoms with Gasteiger partial charge in [0.1, 0.15) is 18.1 Å². The zero-order chi connectivity index (χ0) is 18.6. The van der Waals surface area contributed by atoms with Crippen LogP contribution < -0.4 is 0 Å². The van der Waals surface area contributed by atoms with E-state index in [1.807, 2.05) is 79.7 Å². The molecule has 0 fully saturated rings. The first kappa shape index (κ1) is 17.0.